The fourth-order valence-electron chi connectivity index (χ4n) is 3.18. The van der Waals surface area contributed by atoms with Crippen LogP contribution in [0.15, 0.2) is 29.9 Å². The van der Waals surface area contributed by atoms with Crippen molar-refractivity contribution in [1.82, 2.24) is 24.8 Å². The van der Waals surface area contributed by atoms with Gasteiger partial charge in [-0.2, -0.15) is 0 Å². The SMILES string of the molecule is CCc1cnc(CNC(=NC)N2CCC(C)C(n3ccnc3)C2)s1. The maximum Gasteiger partial charge on any atom is 0.194 e. The maximum atomic E-state index is 4.48. The van der Waals surface area contributed by atoms with Crippen LogP contribution in [0.25, 0.3) is 0 Å². The Morgan fingerprint density at radius 3 is 3.04 bits per heavy atom. The summed E-state index contributed by atoms with van der Waals surface area (Å²) in [7, 11) is 1.85. The number of nitrogens with one attached hydrogen (secondary N) is 1. The average molecular weight is 347 g/mol. The van der Waals surface area contributed by atoms with Crippen molar-refractivity contribution in [2.75, 3.05) is 20.1 Å². The van der Waals surface area contributed by atoms with E-state index in [9.17, 15) is 0 Å². The van der Waals surface area contributed by atoms with Crippen LogP contribution in [0.2, 0.25) is 0 Å². The average Bonchev–Trinajstić information content (AvgIpc) is 3.28. The molecule has 2 atom stereocenters. The number of aryl methyl sites for hydroxylation is 1. The van der Waals surface area contributed by atoms with Crippen LogP contribution in [0.5, 0.6) is 0 Å². The van der Waals surface area contributed by atoms with Crippen molar-refractivity contribution >= 4 is 17.3 Å². The minimum Gasteiger partial charge on any atom is -0.350 e. The Morgan fingerprint density at radius 2 is 2.38 bits per heavy atom. The summed E-state index contributed by atoms with van der Waals surface area (Å²) in [6.45, 7) is 7.20. The maximum absolute atomic E-state index is 4.48. The summed E-state index contributed by atoms with van der Waals surface area (Å²) >= 11 is 1.77. The van der Waals surface area contributed by atoms with E-state index in [0.717, 1.165) is 43.4 Å². The van der Waals surface area contributed by atoms with Crippen molar-refractivity contribution in [2.24, 2.45) is 10.9 Å². The third-order valence-corrected chi connectivity index (χ3v) is 5.83. The first-order valence-electron chi connectivity index (χ1n) is 8.57. The Kier molecular flexibility index (Phi) is 5.50. The number of piperidine rings is 1. The number of thiazole rings is 1. The smallest absolute Gasteiger partial charge is 0.194 e. The quantitative estimate of drug-likeness (QED) is 0.683. The topological polar surface area (TPSA) is 58.3 Å². The highest BCUT2D eigenvalue weighted by molar-refractivity contribution is 7.11. The normalized spacial score (nSPS) is 22.0. The summed E-state index contributed by atoms with van der Waals surface area (Å²) in [5.74, 6) is 1.60. The second kappa shape index (κ2) is 7.79. The van der Waals surface area contributed by atoms with Gasteiger partial charge in [0.1, 0.15) is 5.01 Å². The molecule has 0 amide bonds. The van der Waals surface area contributed by atoms with E-state index in [1.807, 2.05) is 25.8 Å². The lowest BCUT2D eigenvalue weighted by molar-refractivity contribution is 0.189. The molecule has 6 nitrogen and oxygen atoms in total. The van der Waals surface area contributed by atoms with E-state index in [1.54, 1.807) is 11.3 Å². The van der Waals surface area contributed by atoms with Crippen LogP contribution < -0.4 is 5.32 Å². The summed E-state index contributed by atoms with van der Waals surface area (Å²) < 4.78 is 2.22. The molecule has 2 aromatic heterocycles. The molecule has 0 bridgehead atoms. The highest BCUT2D eigenvalue weighted by Gasteiger charge is 2.28. The van der Waals surface area contributed by atoms with Gasteiger partial charge in [0.05, 0.1) is 18.9 Å². The van der Waals surface area contributed by atoms with Crippen molar-refractivity contribution in [3.8, 4) is 0 Å². The van der Waals surface area contributed by atoms with Gasteiger partial charge in [-0.05, 0) is 18.8 Å². The van der Waals surface area contributed by atoms with E-state index in [-0.39, 0.29) is 0 Å². The predicted octanol–water partition coefficient (Wildman–Crippen LogP) is 2.56. The molecule has 1 N–H and O–H groups in total. The van der Waals surface area contributed by atoms with Gasteiger partial charge < -0.3 is 14.8 Å². The van der Waals surface area contributed by atoms with E-state index in [2.05, 4.69) is 49.8 Å². The molecule has 0 radical (unpaired) electrons. The van der Waals surface area contributed by atoms with E-state index in [4.69, 9.17) is 0 Å². The molecule has 3 heterocycles. The highest BCUT2D eigenvalue weighted by atomic mass is 32.1. The van der Waals surface area contributed by atoms with Crippen molar-refractivity contribution in [3.05, 3.63) is 34.8 Å². The Morgan fingerprint density at radius 1 is 1.50 bits per heavy atom. The summed E-state index contributed by atoms with van der Waals surface area (Å²) in [4.78, 5) is 16.8. The van der Waals surface area contributed by atoms with Crippen LogP contribution in [0.4, 0.5) is 0 Å². The first-order valence-corrected chi connectivity index (χ1v) is 9.39. The zero-order valence-electron chi connectivity index (χ0n) is 14.6. The number of guanidine groups is 1. The summed E-state index contributed by atoms with van der Waals surface area (Å²) in [6, 6.07) is 0.436. The van der Waals surface area contributed by atoms with Crippen LogP contribution >= 0.6 is 11.3 Å². The van der Waals surface area contributed by atoms with E-state index < -0.39 is 0 Å². The number of hydrogen-bond acceptors (Lipinski definition) is 4. The molecule has 7 heteroatoms. The molecule has 0 spiro atoms. The Bertz CT molecular complexity index is 662. The number of hydrogen-bond donors (Lipinski definition) is 1. The van der Waals surface area contributed by atoms with Gasteiger partial charge in [-0.3, -0.25) is 4.99 Å². The zero-order chi connectivity index (χ0) is 16.9. The molecule has 1 aliphatic heterocycles. The molecule has 2 unspecified atom stereocenters. The summed E-state index contributed by atoms with van der Waals surface area (Å²) in [5, 5.41) is 4.59. The van der Waals surface area contributed by atoms with E-state index in [0.29, 0.717) is 12.0 Å². The number of imidazole rings is 1. The Hall–Kier alpha value is -1.89. The Labute approximate surface area is 147 Å². The molecule has 3 rings (SSSR count). The molecule has 130 valence electrons. The lowest BCUT2D eigenvalue weighted by Gasteiger charge is -2.39. The van der Waals surface area contributed by atoms with Gasteiger partial charge in [-0.15, -0.1) is 11.3 Å². The molecular formula is C17H26N6S. The second-order valence-electron chi connectivity index (χ2n) is 6.26. The number of aromatic nitrogens is 3. The second-order valence-corrected chi connectivity index (χ2v) is 7.46. The van der Waals surface area contributed by atoms with Crippen molar-refractivity contribution < 1.29 is 0 Å². The van der Waals surface area contributed by atoms with Gasteiger partial charge in [0.15, 0.2) is 5.96 Å². The molecule has 1 fully saturated rings. The predicted molar refractivity (Wildman–Crippen MR) is 98.3 cm³/mol. The molecule has 0 saturated carbocycles. The zero-order valence-corrected chi connectivity index (χ0v) is 15.5. The number of aliphatic imine (C=N–C) groups is 1. The van der Waals surface area contributed by atoms with Crippen molar-refractivity contribution in [3.63, 3.8) is 0 Å². The number of likely N-dealkylation sites (tertiary alicyclic amines) is 1. The van der Waals surface area contributed by atoms with Crippen molar-refractivity contribution in [1.29, 1.82) is 0 Å². The minimum absolute atomic E-state index is 0.436. The van der Waals surface area contributed by atoms with E-state index >= 15 is 0 Å². The Balaban J connectivity index is 1.62. The lowest BCUT2D eigenvalue weighted by atomic mass is 9.93. The van der Waals surface area contributed by atoms with Crippen molar-refractivity contribution in [2.45, 2.75) is 39.3 Å². The third-order valence-electron chi connectivity index (χ3n) is 4.69. The third kappa shape index (κ3) is 3.77. The molecule has 1 saturated heterocycles. The molecule has 0 aliphatic carbocycles. The molecule has 0 aromatic carbocycles. The van der Waals surface area contributed by atoms with Gasteiger partial charge in [0.25, 0.3) is 0 Å². The van der Waals surface area contributed by atoms with Gasteiger partial charge in [-0.1, -0.05) is 13.8 Å². The first-order chi connectivity index (χ1) is 11.7. The van der Waals surface area contributed by atoms with Gasteiger partial charge in [-0.25, -0.2) is 9.97 Å². The minimum atomic E-state index is 0.436. The lowest BCUT2D eigenvalue weighted by Crippen LogP contribution is -2.48. The van der Waals surface area contributed by atoms with Crippen LogP contribution in [-0.4, -0.2) is 45.5 Å². The van der Waals surface area contributed by atoms with Crippen LogP contribution in [0.3, 0.4) is 0 Å². The fraction of sp³-hybridized carbons (Fsp3) is 0.588. The van der Waals surface area contributed by atoms with Gasteiger partial charge >= 0.3 is 0 Å². The summed E-state index contributed by atoms with van der Waals surface area (Å²) in [5.41, 5.74) is 0. The molecular weight excluding hydrogens is 320 g/mol. The van der Waals surface area contributed by atoms with Gasteiger partial charge in [0.2, 0.25) is 0 Å². The fourth-order valence-corrected chi connectivity index (χ4v) is 3.98. The monoisotopic (exact) mass is 346 g/mol. The van der Waals surface area contributed by atoms with Crippen LogP contribution in [0.1, 0.15) is 36.2 Å². The molecule has 24 heavy (non-hydrogen) atoms. The largest absolute Gasteiger partial charge is 0.350 e. The summed E-state index contributed by atoms with van der Waals surface area (Å²) in [6.07, 6.45) is 10.0. The highest BCUT2D eigenvalue weighted by Crippen LogP contribution is 2.27. The van der Waals surface area contributed by atoms with Crippen LogP contribution in [-0.2, 0) is 13.0 Å². The molecule has 1 aliphatic rings. The molecule has 2 aromatic rings. The van der Waals surface area contributed by atoms with Crippen LogP contribution in [0, 0.1) is 5.92 Å². The number of rotatable bonds is 4. The first kappa shape index (κ1) is 17.0. The van der Waals surface area contributed by atoms with Gasteiger partial charge in [0, 0.05) is 43.6 Å². The number of nitrogens with zero attached hydrogens (tertiary/aromatic N) is 5. The standard InChI is InChI=1S/C17H26N6S/c1-4-14-9-20-16(24-14)10-21-17(18-3)22-7-5-13(2)15(11-22)23-8-6-19-12-23/h6,8-9,12-13,15H,4-5,7,10-11H2,1-3H3,(H,18,21). The van der Waals surface area contributed by atoms with E-state index in [1.165, 1.54) is 4.88 Å².